The first-order valence-corrected chi connectivity index (χ1v) is 13.0. The van der Waals surface area contributed by atoms with E-state index in [1.807, 2.05) is 91.0 Å². The van der Waals surface area contributed by atoms with Crippen molar-refractivity contribution in [3.05, 3.63) is 138 Å². The summed E-state index contributed by atoms with van der Waals surface area (Å²) in [6, 6.07) is 37.2. The SMILES string of the molecule is O=S(=O)(c1ccccc1)N(Cc1ccccc1)CC(O)COC(c1ccccc1)c1ccccc1. The van der Waals surface area contributed by atoms with Crippen LogP contribution in [-0.4, -0.2) is 37.1 Å². The molecule has 35 heavy (non-hydrogen) atoms. The molecule has 1 N–H and O–H groups in total. The third-order valence-electron chi connectivity index (χ3n) is 5.66. The van der Waals surface area contributed by atoms with Crippen LogP contribution < -0.4 is 0 Å². The summed E-state index contributed by atoms with van der Waals surface area (Å²) in [6.45, 7) is 0.0302. The van der Waals surface area contributed by atoms with Crippen LogP contribution >= 0.6 is 0 Å². The van der Waals surface area contributed by atoms with Crippen LogP contribution in [0.3, 0.4) is 0 Å². The summed E-state index contributed by atoms with van der Waals surface area (Å²) in [5.74, 6) is 0. The molecule has 0 aromatic heterocycles. The number of benzene rings is 4. The van der Waals surface area contributed by atoms with Gasteiger partial charge in [0.05, 0.1) is 17.6 Å². The minimum atomic E-state index is -3.82. The third kappa shape index (κ3) is 6.65. The zero-order chi connectivity index (χ0) is 24.5. The minimum absolute atomic E-state index is 0.0238. The highest BCUT2D eigenvalue weighted by Crippen LogP contribution is 2.26. The molecular formula is C29H29NO4S. The fourth-order valence-electron chi connectivity index (χ4n) is 3.91. The zero-order valence-corrected chi connectivity index (χ0v) is 20.2. The number of rotatable bonds is 11. The summed E-state index contributed by atoms with van der Waals surface area (Å²) in [5.41, 5.74) is 2.76. The van der Waals surface area contributed by atoms with Crippen LogP contribution in [-0.2, 0) is 21.3 Å². The molecule has 180 valence electrons. The van der Waals surface area contributed by atoms with Crippen molar-refractivity contribution >= 4 is 10.0 Å². The summed E-state index contributed by atoms with van der Waals surface area (Å²) < 4.78 is 34.3. The van der Waals surface area contributed by atoms with Crippen LogP contribution in [0.4, 0.5) is 0 Å². The Morgan fingerprint density at radius 3 is 1.66 bits per heavy atom. The average molecular weight is 488 g/mol. The molecule has 0 fully saturated rings. The Labute approximate surface area is 207 Å². The van der Waals surface area contributed by atoms with Gasteiger partial charge in [0.15, 0.2) is 0 Å². The number of hydrogen-bond donors (Lipinski definition) is 1. The molecule has 4 rings (SSSR count). The third-order valence-corrected chi connectivity index (χ3v) is 7.48. The predicted octanol–water partition coefficient (Wildman–Crippen LogP) is 5.04. The van der Waals surface area contributed by atoms with Gasteiger partial charge in [-0.25, -0.2) is 8.42 Å². The maximum absolute atomic E-state index is 13.4. The monoisotopic (exact) mass is 487 g/mol. The average Bonchev–Trinajstić information content (AvgIpc) is 2.91. The standard InChI is InChI=1S/C29H29NO4S/c31-27(23-34-29(25-15-7-2-8-16-25)26-17-9-3-10-18-26)22-30(21-24-13-5-1-6-14-24)35(32,33)28-19-11-4-12-20-28/h1-20,27,29,31H,21-23H2. The molecule has 4 aromatic carbocycles. The van der Waals surface area contributed by atoms with Gasteiger partial charge in [-0.2, -0.15) is 4.31 Å². The van der Waals surface area contributed by atoms with Crippen LogP contribution in [0.25, 0.3) is 0 Å². The largest absolute Gasteiger partial charge is 0.389 e. The molecule has 0 saturated carbocycles. The number of nitrogens with zero attached hydrogens (tertiary/aromatic N) is 1. The van der Waals surface area contributed by atoms with Crippen molar-refractivity contribution in [2.24, 2.45) is 0 Å². The molecule has 0 aliphatic heterocycles. The molecule has 1 unspecified atom stereocenters. The molecule has 4 aromatic rings. The van der Waals surface area contributed by atoms with Gasteiger partial charge in [-0.3, -0.25) is 0 Å². The van der Waals surface area contributed by atoms with Gasteiger partial charge in [-0.05, 0) is 28.8 Å². The Balaban J connectivity index is 1.52. The van der Waals surface area contributed by atoms with Gasteiger partial charge < -0.3 is 9.84 Å². The van der Waals surface area contributed by atoms with Crippen molar-refractivity contribution in [2.45, 2.75) is 23.6 Å². The highest BCUT2D eigenvalue weighted by atomic mass is 32.2. The predicted molar refractivity (Wildman–Crippen MR) is 137 cm³/mol. The minimum Gasteiger partial charge on any atom is -0.389 e. The summed E-state index contributed by atoms with van der Waals surface area (Å²) in [6.07, 6.45) is -1.40. The lowest BCUT2D eigenvalue weighted by molar-refractivity contribution is -0.000778. The van der Waals surface area contributed by atoms with Crippen LogP contribution in [0, 0.1) is 0 Å². The Bertz CT molecular complexity index is 1230. The highest BCUT2D eigenvalue weighted by Gasteiger charge is 2.27. The fraction of sp³-hybridized carbons (Fsp3) is 0.172. The van der Waals surface area contributed by atoms with Crippen molar-refractivity contribution < 1.29 is 18.3 Å². The summed E-state index contributed by atoms with van der Waals surface area (Å²) in [7, 11) is -3.82. The van der Waals surface area contributed by atoms with Crippen molar-refractivity contribution in [3.8, 4) is 0 Å². The second-order valence-electron chi connectivity index (χ2n) is 8.28. The maximum atomic E-state index is 13.4. The van der Waals surface area contributed by atoms with E-state index < -0.39 is 16.1 Å². The van der Waals surface area contributed by atoms with Crippen LogP contribution in [0.15, 0.2) is 126 Å². The summed E-state index contributed by atoms with van der Waals surface area (Å²) in [4.78, 5) is 0.190. The molecule has 0 aliphatic carbocycles. The van der Waals surface area contributed by atoms with Crippen molar-refractivity contribution in [1.29, 1.82) is 0 Å². The maximum Gasteiger partial charge on any atom is 0.243 e. The Kier molecular flexibility index (Phi) is 8.45. The lowest BCUT2D eigenvalue weighted by Gasteiger charge is -2.26. The van der Waals surface area contributed by atoms with Crippen molar-refractivity contribution in [3.63, 3.8) is 0 Å². The topological polar surface area (TPSA) is 66.8 Å². The zero-order valence-electron chi connectivity index (χ0n) is 19.4. The normalized spacial score (nSPS) is 12.7. The molecule has 0 aliphatic rings. The van der Waals surface area contributed by atoms with E-state index in [4.69, 9.17) is 4.74 Å². The smallest absolute Gasteiger partial charge is 0.243 e. The van der Waals surface area contributed by atoms with Crippen LogP contribution in [0.2, 0.25) is 0 Å². The van der Waals surface area contributed by atoms with Gasteiger partial charge in [-0.15, -0.1) is 0 Å². The first-order chi connectivity index (χ1) is 17.0. The first-order valence-electron chi connectivity index (χ1n) is 11.5. The van der Waals surface area contributed by atoms with Gasteiger partial charge in [0, 0.05) is 13.1 Å². The van der Waals surface area contributed by atoms with E-state index in [9.17, 15) is 13.5 Å². The number of ether oxygens (including phenoxy) is 1. The van der Waals surface area contributed by atoms with Crippen molar-refractivity contribution in [2.75, 3.05) is 13.2 Å². The fourth-order valence-corrected chi connectivity index (χ4v) is 5.40. The van der Waals surface area contributed by atoms with E-state index in [0.29, 0.717) is 0 Å². The molecule has 0 amide bonds. The number of aliphatic hydroxyl groups is 1. The second kappa shape index (κ2) is 11.9. The molecule has 0 bridgehead atoms. The van der Waals surface area contributed by atoms with E-state index >= 15 is 0 Å². The summed E-state index contributed by atoms with van der Waals surface area (Å²) >= 11 is 0. The van der Waals surface area contributed by atoms with Gasteiger partial charge in [0.1, 0.15) is 6.10 Å². The molecule has 0 spiro atoms. The van der Waals surface area contributed by atoms with Gasteiger partial charge in [0.25, 0.3) is 0 Å². The van der Waals surface area contributed by atoms with Crippen molar-refractivity contribution in [1.82, 2.24) is 4.31 Å². The lowest BCUT2D eigenvalue weighted by Crippen LogP contribution is -2.39. The molecule has 6 heteroatoms. The molecule has 5 nitrogen and oxygen atoms in total. The molecule has 0 saturated heterocycles. The Morgan fingerprint density at radius 1 is 0.686 bits per heavy atom. The summed E-state index contributed by atoms with van der Waals surface area (Å²) in [5, 5.41) is 10.9. The molecular weight excluding hydrogens is 458 g/mol. The van der Waals surface area contributed by atoms with Crippen LogP contribution in [0.5, 0.6) is 0 Å². The van der Waals surface area contributed by atoms with E-state index in [-0.39, 0.29) is 30.7 Å². The van der Waals surface area contributed by atoms with Gasteiger partial charge >= 0.3 is 0 Å². The number of aliphatic hydroxyl groups excluding tert-OH is 1. The molecule has 0 radical (unpaired) electrons. The van der Waals surface area contributed by atoms with E-state index in [1.54, 1.807) is 30.3 Å². The number of sulfonamides is 1. The molecule has 1 atom stereocenters. The van der Waals surface area contributed by atoms with Gasteiger partial charge in [-0.1, -0.05) is 109 Å². The quantitative estimate of drug-likeness (QED) is 0.322. The highest BCUT2D eigenvalue weighted by molar-refractivity contribution is 7.89. The first kappa shape index (κ1) is 24.8. The van der Waals surface area contributed by atoms with Gasteiger partial charge in [0.2, 0.25) is 10.0 Å². The van der Waals surface area contributed by atoms with E-state index in [1.165, 1.54) is 4.31 Å². The molecule has 0 heterocycles. The second-order valence-corrected chi connectivity index (χ2v) is 10.2. The lowest BCUT2D eigenvalue weighted by atomic mass is 10.0. The van der Waals surface area contributed by atoms with E-state index in [0.717, 1.165) is 16.7 Å². The van der Waals surface area contributed by atoms with Crippen LogP contribution in [0.1, 0.15) is 22.8 Å². The number of hydrogen-bond acceptors (Lipinski definition) is 4. The van der Waals surface area contributed by atoms with E-state index in [2.05, 4.69) is 0 Å². The Hall–Kier alpha value is -3.29. The Morgan fingerprint density at radius 2 is 1.14 bits per heavy atom.